The summed E-state index contributed by atoms with van der Waals surface area (Å²) in [6.45, 7) is 2.38. The Morgan fingerprint density at radius 1 is 1.28 bits per heavy atom. The second-order valence-corrected chi connectivity index (χ2v) is 9.77. The van der Waals surface area contributed by atoms with Gasteiger partial charge in [-0.1, -0.05) is 35.9 Å². The standard InChI is InChI=1S/C21H24ClFN2O3S/c1-15(17-7-9-20(23)10-8-17)24-21(26)18-5-3-11-25(13-18)29(27,28)14-16-4-2-6-19(22)12-16/h2,4,6-10,12,15,18H,3,5,11,13-14H2,1H3,(H,24,26)/t15-,18-/m0/s1. The van der Waals surface area contributed by atoms with Crippen LogP contribution in [0, 0.1) is 11.7 Å². The summed E-state index contributed by atoms with van der Waals surface area (Å²) in [6.07, 6.45) is 1.25. The third kappa shape index (κ3) is 5.78. The highest BCUT2D eigenvalue weighted by molar-refractivity contribution is 7.88. The maximum absolute atomic E-state index is 13.1. The summed E-state index contributed by atoms with van der Waals surface area (Å²) in [5.74, 6) is -1.08. The van der Waals surface area contributed by atoms with Crippen LogP contribution in [0.3, 0.4) is 0 Å². The summed E-state index contributed by atoms with van der Waals surface area (Å²) >= 11 is 5.95. The van der Waals surface area contributed by atoms with Gasteiger partial charge >= 0.3 is 0 Å². The molecule has 0 saturated carbocycles. The molecule has 3 rings (SSSR count). The second-order valence-electron chi connectivity index (χ2n) is 7.37. The molecule has 156 valence electrons. The lowest BCUT2D eigenvalue weighted by Crippen LogP contribution is -2.46. The Morgan fingerprint density at radius 3 is 2.69 bits per heavy atom. The van der Waals surface area contributed by atoms with Gasteiger partial charge < -0.3 is 5.32 Å². The number of sulfonamides is 1. The van der Waals surface area contributed by atoms with E-state index in [9.17, 15) is 17.6 Å². The van der Waals surface area contributed by atoms with Crippen LogP contribution in [0.4, 0.5) is 4.39 Å². The first kappa shape index (κ1) is 21.7. The zero-order valence-corrected chi connectivity index (χ0v) is 17.7. The van der Waals surface area contributed by atoms with E-state index >= 15 is 0 Å². The Balaban J connectivity index is 1.63. The Kier molecular flexibility index (Phi) is 6.93. The van der Waals surface area contributed by atoms with Crippen LogP contribution in [0.2, 0.25) is 5.02 Å². The van der Waals surface area contributed by atoms with Crippen LogP contribution in [-0.2, 0) is 20.6 Å². The van der Waals surface area contributed by atoms with Crippen LogP contribution < -0.4 is 5.32 Å². The molecule has 0 bridgehead atoms. The fourth-order valence-corrected chi connectivity index (χ4v) is 5.31. The molecule has 8 heteroatoms. The van der Waals surface area contributed by atoms with Crippen molar-refractivity contribution in [1.82, 2.24) is 9.62 Å². The summed E-state index contributed by atoms with van der Waals surface area (Å²) in [5, 5.41) is 3.40. The van der Waals surface area contributed by atoms with Crippen LogP contribution in [0.1, 0.15) is 36.9 Å². The molecule has 29 heavy (non-hydrogen) atoms. The molecule has 1 amide bonds. The number of nitrogens with zero attached hydrogens (tertiary/aromatic N) is 1. The van der Waals surface area contributed by atoms with Gasteiger partial charge in [0.15, 0.2) is 0 Å². The molecule has 1 N–H and O–H groups in total. The fourth-order valence-electron chi connectivity index (χ4n) is 3.50. The average molecular weight is 439 g/mol. The molecular weight excluding hydrogens is 415 g/mol. The highest BCUT2D eigenvalue weighted by atomic mass is 35.5. The fraction of sp³-hybridized carbons (Fsp3) is 0.381. The summed E-state index contributed by atoms with van der Waals surface area (Å²) in [7, 11) is -3.55. The minimum absolute atomic E-state index is 0.145. The van der Waals surface area contributed by atoms with E-state index in [0.717, 1.165) is 5.56 Å². The number of benzene rings is 2. The maximum Gasteiger partial charge on any atom is 0.224 e. The van der Waals surface area contributed by atoms with Crippen LogP contribution in [0.5, 0.6) is 0 Å². The topological polar surface area (TPSA) is 66.5 Å². The van der Waals surface area contributed by atoms with E-state index in [1.807, 2.05) is 6.92 Å². The first-order chi connectivity index (χ1) is 13.7. The SMILES string of the molecule is C[C@H](NC(=O)[C@H]1CCCN(S(=O)(=O)Cc2cccc(Cl)c2)C1)c1ccc(F)cc1. The number of rotatable bonds is 6. The van der Waals surface area contributed by atoms with E-state index < -0.39 is 15.9 Å². The van der Waals surface area contributed by atoms with Gasteiger partial charge in [0.25, 0.3) is 0 Å². The Morgan fingerprint density at radius 2 is 2.00 bits per heavy atom. The second kappa shape index (κ2) is 9.24. The molecule has 0 radical (unpaired) electrons. The van der Waals surface area contributed by atoms with Gasteiger partial charge in [-0.2, -0.15) is 0 Å². The molecule has 0 aromatic heterocycles. The first-order valence-corrected chi connectivity index (χ1v) is 11.5. The third-order valence-corrected chi connectivity index (χ3v) is 7.17. The third-order valence-electron chi connectivity index (χ3n) is 5.12. The monoisotopic (exact) mass is 438 g/mol. The molecule has 1 fully saturated rings. The van der Waals surface area contributed by atoms with E-state index in [2.05, 4.69) is 5.32 Å². The van der Waals surface area contributed by atoms with Crippen LogP contribution >= 0.6 is 11.6 Å². The Bertz CT molecular complexity index is 966. The summed E-state index contributed by atoms with van der Waals surface area (Å²) in [6, 6.07) is 12.4. The van der Waals surface area contributed by atoms with Gasteiger partial charge in [-0.3, -0.25) is 4.79 Å². The number of carbonyl (C=O) groups excluding carboxylic acids is 1. The normalized spacial score (nSPS) is 18.9. The molecule has 0 unspecified atom stereocenters. The van der Waals surface area contributed by atoms with Gasteiger partial charge in [0, 0.05) is 18.1 Å². The number of halogens is 2. The summed E-state index contributed by atoms with van der Waals surface area (Å²) in [5.41, 5.74) is 1.41. The molecule has 0 aliphatic carbocycles. The van der Waals surface area contributed by atoms with E-state index in [0.29, 0.717) is 30.0 Å². The van der Waals surface area contributed by atoms with Gasteiger partial charge in [0.1, 0.15) is 5.82 Å². The van der Waals surface area contributed by atoms with Crippen molar-refractivity contribution < 1.29 is 17.6 Å². The van der Waals surface area contributed by atoms with Gasteiger partial charge in [-0.05, 0) is 55.2 Å². The molecule has 1 aliphatic heterocycles. The van der Waals surface area contributed by atoms with Gasteiger partial charge in [0.2, 0.25) is 15.9 Å². The number of carbonyl (C=O) groups is 1. The van der Waals surface area contributed by atoms with Crippen molar-refractivity contribution in [1.29, 1.82) is 0 Å². The lowest BCUT2D eigenvalue weighted by atomic mass is 9.98. The lowest BCUT2D eigenvalue weighted by molar-refractivity contribution is -0.126. The summed E-state index contributed by atoms with van der Waals surface area (Å²) in [4.78, 5) is 12.7. The van der Waals surface area contributed by atoms with Crippen LogP contribution in [0.15, 0.2) is 48.5 Å². The predicted octanol–water partition coefficient (Wildman–Crippen LogP) is 3.90. The van der Waals surface area contributed by atoms with Crippen molar-refractivity contribution in [3.05, 3.63) is 70.5 Å². The summed E-state index contributed by atoms with van der Waals surface area (Å²) < 4.78 is 40.1. The average Bonchev–Trinajstić information content (AvgIpc) is 2.68. The van der Waals surface area contributed by atoms with Crippen molar-refractivity contribution in [2.75, 3.05) is 13.1 Å². The number of amides is 1. The van der Waals surface area contributed by atoms with Crippen molar-refractivity contribution >= 4 is 27.5 Å². The Hall–Kier alpha value is -1.96. The van der Waals surface area contributed by atoms with Gasteiger partial charge in [0.05, 0.1) is 17.7 Å². The molecule has 1 aliphatic rings. The smallest absolute Gasteiger partial charge is 0.224 e. The Labute approximate surface area is 175 Å². The number of hydrogen-bond donors (Lipinski definition) is 1. The van der Waals surface area contributed by atoms with Crippen molar-refractivity contribution in [2.45, 2.75) is 31.6 Å². The number of piperidine rings is 1. The minimum Gasteiger partial charge on any atom is -0.349 e. The quantitative estimate of drug-likeness (QED) is 0.743. The largest absolute Gasteiger partial charge is 0.349 e. The molecule has 1 heterocycles. The number of nitrogens with one attached hydrogen (secondary N) is 1. The predicted molar refractivity (Wildman–Crippen MR) is 111 cm³/mol. The zero-order valence-electron chi connectivity index (χ0n) is 16.1. The molecule has 5 nitrogen and oxygen atoms in total. The van der Waals surface area contributed by atoms with Crippen LogP contribution in [-0.4, -0.2) is 31.7 Å². The van der Waals surface area contributed by atoms with Crippen LogP contribution in [0.25, 0.3) is 0 Å². The lowest BCUT2D eigenvalue weighted by Gasteiger charge is -2.32. The van der Waals surface area contributed by atoms with Gasteiger partial charge in [-0.25, -0.2) is 17.1 Å². The molecule has 2 aromatic carbocycles. The number of hydrogen-bond acceptors (Lipinski definition) is 3. The maximum atomic E-state index is 13.1. The molecule has 2 aromatic rings. The highest BCUT2D eigenvalue weighted by Crippen LogP contribution is 2.23. The first-order valence-electron chi connectivity index (χ1n) is 9.53. The molecule has 2 atom stereocenters. The highest BCUT2D eigenvalue weighted by Gasteiger charge is 2.32. The van der Waals surface area contributed by atoms with Gasteiger partial charge in [-0.15, -0.1) is 0 Å². The molecule has 0 spiro atoms. The molecule has 1 saturated heterocycles. The van der Waals surface area contributed by atoms with E-state index in [1.165, 1.54) is 16.4 Å². The zero-order chi connectivity index (χ0) is 21.0. The minimum atomic E-state index is -3.55. The molecular formula is C21H24ClFN2O3S. The van der Waals surface area contributed by atoms with E-state index in [-0.39, 0.29) is 30.1 Å². The van der Waals surface area contributed by atoms with Crippen molar-refractivity contribution in [3.63, 3.8) is 0 Å². The van der Waals surface area contributed by atoms with E-state index in [1.54, 1.807) is 36.4 Å². The van der Waals surface area contributed by atoms with E-state index in [4.69, 9.17) is 11.6 Å². The van der Waals surface area contributed by atoms with Crippen molar-refractivity contribution in [3.8, 4) is 0 Å². The van der Waals surface area contributed by atoms with Crippen molar-refractivity contribution in [2.24, 2.45) is 5.92 Å².